The number of thioether (sulfide) groups is 1. The van der Waals surface area contributed by atoms with Crippen molar-refractivity contribution in [2.45, 2.75) is 11.8 Å². The van der Waals surface area contributed by atoms with Crippen LogP contribution >= 0.6 is 11.8 Å². The molecular formula is C10H14N2O2S. The van der Waals surface area contributed by atoms with Crippen molar-refractivity contribution in [3.8, 4) is 0 Å². The lowest BCUT2D eigenvalue weighted by atomic mass is 10.3. The van der Waals surface area contributed by atoms with Crippen LogP contribution in [0.2, 0.25) is 0 Å². The zero-order valence-electron chi connectivity index (χ0n) is 8.55. The van der Waals surface area contributed by atoms with E-state index in [0.29, 0.717) is 12.2 Å². The highest BCUT2D eigenvalue weighted by molar-refractivity contribution is 7.99. The van der Waals surface area contributed by atoms with Crippen LogP contribution in [0.5, 0.6) is 0 Å². The lowest BCUT2D eigenvalue weighted by Gasteiger charge is -2.09. The number of pyridine rings is 1. The molecule has 0 saturated carbocycles. The summed E-state index contributed by atoms with van der Waals surface area (Å²) in [7, 11) is 1.38. The molecule has 2 N–H and O–H groups in total. The molecule has 1 atom stereocenters. The Morgan fingerprint density at radius 2 is 2.47 bits per heavy atom. The van der Waals surface area contributed by atoms with E-state index >= 15 is 0 Å². The lowest BCUT2D eigenvalue weighted by Crippen LogP contribution is -2.10. The summed E-state index contributed by atoms with van der Waals surface area (Å²) in [6.45, 7) is 0. The maximum absolute atomic E-state index is 10.8. The van der Waals surface area contributed by atoms with Gasteiger partial charge in [0.1, 0.15) is 0 Å². The summed E-state index contributed by atoms with van der Waals surface area (Å²) in [5.41, 5.74) is 6.70. The summed E-state index contributed by atoms with van der Waals surface area (Å²) >= 11 is 1.49. The monoisotopic (exact) mass is 226 g/mol. The summed E-state index contributed by atoms with van der Waals surface area (Å²) < 4.78 is 4.53. The van der Waals surface area contributed by atoms with Gasteiger partial charge in [-0.3, -0.25) is 9.78 Å². The van der Waals surface area contributed by atoms with Crippen molar-refractivity contribution < 1.29 is 9.53 Å². The normalized spacial score (nSPS) is 12.1. The maximum Gasteiger partial charge on any atom is 0.306 e. The van der Waals surface area contributed by atoms with Gasteiger partial charge in [0.2, 0.25) is 0 Å². The molecule has 1 aromatic heterocycles. The van der Waals surface area contributed by atoms with Gasteiger partial charge >= 0.3 is 5.97 Å². The molecule has 1 heterocycles. The molecule has 0 radical (unpaired) electrons. The van der Waals surface area contributed by atoms with E-state index in [1.54, 1.807) is 6.20 Å². The Kier molecular flexibility index (Phi) is 5.14. The number of ether oxygens (including phenoxy) is 1. The van der Waals surface area contributed by atoms with Crippen molar-refractivity contribution in [3.05, 3.63) is 30.1 Å². The summed E-state index contributed by atoms with van der Waals surface area (Å²) in [6.07, 6.45) is 2.08. The Bertz CT molecular complexity index is 306. The Hall–Kier alpha value is -1.07. The highest BCUT2D eigenvalue weighted by Crippen LogP contribution is 2.21. The highest BCUT2D eigenvalue weighted by atomic mass is 32.2. The van der Waals surface area contributed by atoms with Crippen LogP contribution in [0, 0.1) is 0 Å². The van der Waals surface area contributed by atoms with E-state index in [1.165, 1.54) is 18.9 Å². The minimum atomic E-state index is -0.212. The first-order valence-electron chi connectivity index (χ1n) is 4.59. The number of nitrogens with two attached hydrogens (primary N) is 1. The van der Waals surface area contributed by atoms with Crippen LogP contribution in [0.25, 0.3) is 0 Å². The van der Waals surface area contributed by atoms with Crippen molar-refractivity contribution in [2.75, 3.05) is 12.9 Å². The van der Waals surface area contributed by atoms with Gasteiger partial charge in [0.05, 0.1) is 24.6 Å². The lowest BCUT2D eigenvalue weighted by molar-refractivity contribution is -0.140. The van der Waals surface area contributed by atoms with Gasteiger partial charge in [0.15, 0.2) is 0 Å². The van der Waals surface area contributed by atoms with Crippen molar-refractivity contribution in [1.82, 2.24) is 4.98 Å². The molecule has 82 valence electrons. The van der Waals surface area contributed by atoms with E-state index in [-0.39, 0.29) is 11.3 Å². The van der Waals surface area contributed by atoms with Crippen LogP contribution < -0.4 is 5.73 Å². The molecule has 0 amide bonds. The van der Waals surface area contributed by atoms with Crippen LogP contribution in [0.1, 0.15) is 17.5 Å². The molecule has 1 rings (SSSR count). The predicted octanol–water partition coefficient (Wildman–Crippen LogP) is 1.34. The third kappa shape index (κ3) is 4.31. The van der Waals surface area contributed by atoms with Gasteiger partial charge in [-0.25, -0.2) is 0 Å². The number of nitrogens with zero attached hydrogens (tertiary/aromatic N) is 1. The molecule has 0 saturated heterocycles. The van der Waals surface area contributed by atoms with Gasteiger partial charge in [-0.1, -0.05) is 6.07 Å². The minimum Gasteiger partial charge on any atom is -0.469 e. The smallest absolute Gasteiger partial charge is 0.306 e. The zero-order chi connectivity index (χ0) is 11.1. The quantitative estimate of drug-likeness (QED) is 0.606. The molecular weight excluding hydrogens is 212 g/mol. The number of methoxy groups -OCH3 is 1. The van der Waals surface area contributed by atoms with Crippen molar-refractivity contribution in [2.24, 2.45) is 5.73 Å². The molecule has 0 aliphatic heterocycles. The van der Waals surface area contributed by atoms with E-state index in [2.05, 4.69) is 9.72 Å². The van der Waals surface area contributed by atoms with Crippen LogP contribution in [-0.2, 0) is 9.53 Å². The van der Waals surface area contributed by atoms with E-state index < -0.39 is 0 Å². The number of carbonyl (C=O) groups is 1. The molecule has 15 heavy (non-hydrogen) atoms. The number of aromatic nitrogens is 1. The van der Waals surface area contributed by atoms with Gasteiger partial charge in [0.25, 0.3) is 0 Å². The SMILES string of the molecule is COC(=O)CCS[C@@H](N)c1ccccn1. The molecule has 0 spiro atoms. The van der Waals surface area contributed by atoms with Crippen LogP contribution in [-0.4, -0.2) is 23.8 Å². The highest BCUT2D eigenvalue weighted by Gasteiger charge is 2.08. The molecule has 0 fully saturated rings. The molecule has 0 aliphatic rings. The first-order chi connectivity index (χ1) is 7.24. The van der Waals surface area contributed by atoms with Crippen molar-refractivity contribution in [1.29, 1.82) is 0 Å². The molecule has 0 unspecified atom stereocenters. The summed E-state index contributed by atoms with van der Waals surface area (Å²) in [5.74, 6) is 0.431. The van der Waals surface area contributed by atoms with Gasteiger partial charge in [-0.2, -0.15) is 0 Å². The fourth-order valence-corrected chi connectivity index (χ4v) is 1.85. The van der Waals surface area contributed by atoms with E-state index in [4.69, 9.17) is 5.73 Å². The molecule has 0 aromatic carbocycles. The number of hydrogen-bond acceptors (Lipinski definition) is 5. The zero-order valence-corrected chi connectivity index (χ0v) is 9.37. The Labute approximate surface area is 93.2 Å². The molecule has 0 aliphatic carbocycles. The summed E-state index contributed by atoms with van der Waals surface area (Å²) in [5, 5.41) is -0.184. The second-order valence-electron chi connectivity index (χ2n) is 2.87. The molecule has 5 heteroatoms. The average molecular weight is 226 g/mol. The fourth-order valence-electron chi connectivity index (χ4n) is 1.00. The van der Waals surface area contributed by atoms with E-state index in [1.807, 2.05) is 18.2 Å². The van der Waals surface area contributed by atoms with Crippen LogP contribution in [0.15, 0.2) is 24.4 Å². The topological polar surface area (TPSA) is 65.2 Å². The largest absolute Gasteiger partial charge is 0.469 e. The van der Waals surface area contributed by atoms with Crippen molar-refractivity contribution >= 4 is 17.7 Å². The number of esters is 1. The first kappa shape index (κ1) is 12.0. The van der Waals surface area contributed by atoms with Crippen LogP contribution in [0.4, 0.5) is 0 Å². The minimum absolute atomic E-state index is 0.184. The second-order valence-corrected chi connectivity index (χ2v) is 4.12. The van der Waals surface area contributed by atoms with Gasteiger partial charge in [0, 0.05) is 11.9 Å². The summed E-state index contributed by atoms with van der Waals surface area (Å²) in [6, 6.07) is 5.61. The predicted molar refractivity (Wildman–Crippen MR) is 60.3 cm³/mol. The third-order valence-corrected chi connectivity index (χ3v) is 2.85. The maximum atomic E-state index is 10.8. The Balaban J connectivity index is 2.31. The Morgan fingerprint density at radius 3 is 3.07 bits per heavy atom. The fraction of sp³-hybridized carbons (Fsp3) is 0.400. The molecule has 0 bridgehead atoms. The standard InChI is InChI=1S/C10H14N2O2S/c1-14-9(13)5-7-15-10(11)8-4-2-3-6-12-8/h2-4,6,10H,5,7,11H2,1H3/t10-/m1/s1. The van der Waals surface area contributed by atoms with E-state index in [9.17, 15) is 4.79 Å². The third-order valence-electron chi connectivity index (χ3n) is 1.81. The average Bonchev–Trinajstić information content (AvgIpc) is 2.29. The van der Waals surface area contributed by atoms with E-state index in [0.717, 1.165) is 5.69 Å². The van der Waals surface area contributed by atoms with Gasteiger partial charge < -0.3 is 10.5 Å². The number of rotatable bonds is 5. The molecule has 1 aromatic rings. The molecule has 4 nitrogen and oxygen atoms in total. The van der Waals surface area contributed by atoms with Gasteiger partial charge in [-0.05, 0) is 12.1 Å². The Morgan fingerprint density at radius 1 is 1.67 bits per heavy atom. The summed E-state index contributed by atoms with van der Waals surface area (Å²) in [4.78, 5) is 15.0. The number of carbonyl (C=O) groups excluding carboxylic acids is 1. The van der Waals surface area contributed by atoms with Gasteiger partial charge in [-0.15, -0.1) is 11.8 Å². The van der Waals surface area contributed by atoms with Crippen molar-refractivity contribution in [3.63, 3.8) is 0 Å². The van der Waals surface area contributed by atoms with Crippen LogP contribution in [0.3, 0.4) is 0 Å². The second kappa shape index (κ2) is 6.42. The number of hydrogen-bond donors (Lipinski definition) is 1. The first-order valence-corrected chi connectivity index (χ1v) is 5.64.